The maximum Gasteiger partial charge on any atom is 0.106 e. The van der Waals surface area contributed by atoms with Crippen molar-refractivity contribution in [3.05, 3.63) is 17.2 Å². The van der Waals surface area contributed by atoms with Gasteiger partial charge in [-0.2, -0.15) is 0 Å². The maximum absolute atomic E-state index is 4.74. The predicted molar refractivity (Wildman–Crippen MR) is 76.9 cm³/mol. The number of unbranched alkanes of at least 4 members (excludes halogenated alkanes) is 6. The standard InChI is InChI=1S/C16H28N2/c1-2-3-4-5-6-7-8-13-16-17-14-11-9-10-12-15(14)18-16/h2-13H2,1H3,(H,17,18). The molecule has 0 saturated heterocycles. The van der Waals surface area contributed by atoms with Crippen molar-refractivity contribution in [1.82, 2.24) is 9.97 Å². The van der Waals surface area contributed by atoms with Gasteiger partial charge in [0.25, 0.3) is 0 Å². The summed E-state index contributed by atoms with van der Waals surface area (Å²) in [5.41, 5.74) is 2.79. The minimum absolute atomic E-state index is 1.15. The lowest BCUT2D eigenvalue weighted by molar-refractivity contribution is 0.585. The fraction of sp³-hybridized carbons (Fsp3) is 0.812. The summed E-state index contributed by atoms with van der Waals surface area (Å²) < 4.78 is 0. The highest BCUT2D eigenvalue weighted by Gasteiger charge is 2.13. The van der Waals surface area contributed by atoms with Gasteiger partial charge in [-0.25, -0.2) is 4.98 Å². The van der Waals surface area contributed by atoms with Crippen molar-refractivity contribution in [3.63, 3.8) is 0 Å². The molecule has 1 heterocycles. The average Bonchev–Trinajstić information content (AvgIpc) is 2.80. The number of hydrogen-bond acceptors (Lipinski definition) is 1. The monoisotopic (exact) mass is 248 g/mol. The second-order valence-corrected chi connectivity index (χ2v) is 5.69. The van der Waals surface area contributed by atoms with Gasteiger partial charge in [-0.1, -0.05) is 45.4 Å². The number of aromatic nitrogens is 2. The molecule has 2 heteroatoms. The van der Waals surface area contributed by atoms with Crippen LogP contribution in [-0.2, 0) is 19.3 Å². The van der Waals surface area contributed by atoms with E-state index in [0.29, 0.717) is 0 Å². The van der Waals surface area contributed by atoms with Gasteiger partial charge in [0.05, 0.1) is 5.69 Å². The summed E-state index contributed by atoms with van der Waals surface area (Å²) in [6.07, 6.45) is 15.9. The highest BCUT2D eigenvalue weighted by molar-refractivity contribution is 5.17. The number of nitrogens with one attached hydrogen (secondary N) is 1. The third-order valence-electron chi connectivity index (χ3n) is 4.02. The molecule has 1 aliphatic rings. The van der Waals surface area contributed by atoms with Crippen molar-refractivity contribution in [1.29, 1.82) is 0 Å². The molecule has 0 spiro atoms. The Balaban J connectivity index is 1.60. The molecule has 102 valence electrons. The average molecular weight is 248 g/mol. The third kappa shape index (κ3) is 4.15. The SMILES string of the molecule is CCCCCCCCCc1nc2c([nH]1)CCCC2. The highest BCUT2D eigenvalue weighted by atomic mass is 14.9. The first-order valence-corrected chi connectivity index (χ1v) is 7.96. The van der Waals surface area contributed by atoms with Crippen molar-refractivity contribution >= 4 is 0 Å². The number of nitrogens with zero attached hydrogens (tertiary/aromatic N) is 1. The molecular formula is C16H28N2. The van der Waals surface area contributed by atoms with Crippen LogP contribution in [0.25, 0.3) is 0 Å². The fourth-order valence-corrected chi connectivity index (χ4v) is 2.88. The van der Waals surface area contributed by atoms with Crippen LogP contribution in [0.15, 0.2) is 0 Å². The smallest absolute Gasteiger partial charge is 0.106 e. The minimum Gasteiger partial charge on any atom is -0.346 e. The summed E-state index contributed by atoms with van der Waals surface area (Å²) in [6, 6.07) is 0. The zero-order valence-electron chi connectivity index (χ0n) is 11.9. The molecule has 0 unspecified atom stereocenters. The molecule has 0 amide bonds. The topological polar surface area (TPSA) is 28.7 Å². The molecule has 1 aromatic rings. The number of H-pyrrole nitrogens is 1. The molecule has 0 aromatic carbocycles. The fourth-order valence-electron chi connectivity index (χ4n) is 2.88. The third-order valence-corrected chi connectivity index (χ3v) is 4.02. The van der Waals surface area contributed by atoms with Crippen LogP contribution in [0, 0.1) is 0 Å². The van der Waals surface area contributed by atoms with Gasteiger partial charge in [-0.05, 0) is 32.1 Å². The van der Waals surface area contributed by atoms with Crippen molar-refractivity contribution in [2.45, 2.75) is 84.0 Å². The number of aryl methyl sites for hydroxylation is 3. The van der Waals surface area contributed by atoms with Crippen LogP contribution in [0.1, 0.15) is 81.9 Å². The lowest BCUT2D eigenvalue weighted by Gasteiger charge is -2.07. The van der Waals surface area contributed by atoms with E-state index in [1.807, 2.05) is 0 Å². The molecule has 0 aliphatic heterocycles. The van der Waals surface area contributed by atoms with Crippen molar-refractivity contribution in [2.24, 2.45) is 0 Å². The van der Waals surface area contributed by atoms with E-state index in [9.17, 15) is 0 Å². The summed E-state index contributed by atoms with van der Waals surface area (Å²) in [5, 5.41) is 0. The molecule has 0 bridgehead atoms. The molecule has 18 heavy (non-hydrogen) atoms. The Bertz CT molecular complexity index is 317. The van der Waals surface area contributed by atoms with E-state index >= 15 is 0 Å². The van der Waals surface area contributed by atoms with E-state index in [-0.39, 0.29) is 0 Å². The summed E-state index contributed by atoms with van der Waals surface area (Å²) in [7, 11) is 0. The summed E-state index contributed by atoms with van der Waals surface area (Å²) in [6.45, 7) is 2.28. The Labute approximate surface area is 112 Å². The van der Waals surface area contributed by atoms with Gasteiger partial charge in [0.15, 0.2) is 0 Å². The Morgan fingerprint density at radius 3 is 2.44 bits per heavy atom. The summed E-state index contributed by atoms with van der Waals surface area (Å²) in [4.78, 5) is 8.28. The minimum atomic E-state index is 1.15. The van der Waals surface area contributed by atoms with Crippen LogP contribution in [-0.4, -0.2) is 9.97 Å². The van der Waals surface area contributed by atoms with Gasteiger partial charge >= 0.3 is 0 Å². The normalized spacial score (nSPS) is 14.7. The summed E-state index contributed by atoms with van der Waals surface area (Å²) >= 11 is 0. The van der Waals surface area contributed by atoms with E-state index in [0.717, 1.165) is 6.42 Å². The zero-order valence-corrected chi connectivity index (χ0v) is 11.9. The van der Waals surface area contributed by atoms with Crippen molar-refractivity contribution in [3.8, 4) is 0 Å². The van der Waals surface area contributed by atoms with Crippen LogP contribution in [0.5, 0.6) is 0 Å². The molecule has 0 atom stereocenters. The van der Waals surface area contributed by atoms with Gasteiger partial charge in [0.1, 0.15) is 5.82 Å². The lowest BCUT2D eigenvalue weighted by atomic mass is 10.0. The van der Waals surface area contributed by atoms with E-state index in [2.05, 4.69) is 11.9 Å². The second-order valence-electron chi connectivity index (χ2n) is 5.69. The Morgan fingerprint density at radius 1 is 0.944 bits per heavy atom. The molecule has 1 N–H and O–H groups in total. The maximum atomic E-state index is 4.74. The number of imidazole rings is 1. The molecule has 0 radical (unpaired) electrons. The first-order valence-electron chi connectivity index (χ1n) is 7.96. The van der Waals surface area contributed by atoms with Gasteiger partial charge in [-0.15, -0.1) is 0 Å². The summed E-state index contributed by atoms with van der Waals surface area (Å²) in [5.74, 6) is 1.25. The van der Waals surface area contributed by atoms with E-state index in [1.165, 1.54) is 87.8 Å². The lowest BCUT2D eigenvalue weighted by Crippen LogP contribution is -2.00. The Kier molecular flexibility index (Phi) is 5.76. The van der Waals surface area contributed by atoms with E-state index < -0.39 is 0 Å². The van der Waals surface area contributed by atoms with Crippen molar-refractivity contribution < 1.29 is 0 Å². The van der Waals surface area contributed by atoms with Gasteiger partial charge in [0.2, 0.25) is 0 Å². The molecule has 0 saturated carbocycles. The molecule has 1 aliphatic carbocycles. The quantitative estimate of drug-likeness (QED) is 0.670. The van der Waals surface area contributed by atoms with Crippen LogP contribution in [0.4, 0.5) is 0 Å². The van der Waals surface area contributed by atoms with Crippen LogP contribution in [0.2, 0.25) is 0 Å². The molecule has 1 aromatic heterocycles. The molecule has 0 fully saturated rings. The van der Waals surface area contributed by atoms with Gasteiger partial charge in [-0.3, -0.25) is 0 Å². The van der Waals surface area contributed by atoms with Crippen LogP contribution in [0.3, 0.4) is 0 Å². The van der Waals surface area contributed by atoms with Crippen LogP contribution < -0.4 is 0 Å². The largest absolute Gasteiger partial charge is 0.346 e. The van der Waals surface area contributed by atoms with Gasteiger partial charge in [0, 0.05) is 12.1 Å². The molecule has 2 rings (SSSR count). The van der Waals surface area contributed by atoms with Gasteiger partial charge < -0.3 is 4.98 Å². The number of aromatic amines is 1. The molecule has 2 nitrogen and oxygen atoms in total. The first-order chi connectivity index (χ1) is 8.90. The highest BCUT2D eigenvalue weighted by Crippen LogP contribution is 2.19. The van der Waals surface area contributed by atoms with Crippen molar-refractivity contribution in [2.75, 3.05) is 0 Å². The predicted octanol–water partition coefficient (Wildman–Crippen LogP) is 4.58. The Morgan fingerprint density at radius 2 is 1.67 bits per heavy atom. The van der Waals surface area contributed by atoms with Crippen LogP contribution >= 0.6 is 0 Å². The number of fused-ring (bicyclic) bond motifs is 1. The number of hydrogen-bond donors (Lipinski definition) is 1. The zero-order chi connectivity index (χ0) is 12.6. The van der Waals surface area contributed by atoms with E-state index in [1.54, 1.807) is 0 Å². The second kappa shape index (κ2) is 7.60. The van der Waals surface area contributed by atoms with E-state index in [4.69, 9.17) is 4.98 Å². The molecular weight excluding hydrogens is 220 g/mol. The first kappa shape index (κ1) is 13.6. The number of rotatable bonds is 8. The Hall–Kier alpha value is -0.790.